The monoisotopic (exact) mass is 281 g/mol. The first-order valence-electron chi connectivity index (χ1n) is 7.41. The predicted octanol–water partition coefficient (Wildman–Crippen LogP) is 0.126. The van der Waals surface area contributed by atoms with Crippen molar-refractivity contribution in [3.63, 3.8) is 0 Å². The van der Waals surface area contributed by atoms with Crippen molar-refractivity contribution in [2.45, 2.75) is 44.6 Å². The summed E-state index contributed by atoms with van der Waals surface area (Å²) in [5.74, 6) is -0.323. The standard InChI is InChI=1S/C14H23N3O3/c1-16-12(18)7-6-11(14(16)20)15-10-13(19)17-8-4-2-3-5-9-17/h11,15H,2-10H2,1H3. The van der Waals surface area contributed by atoms with E-state index in [-0.39, 0.29) is 24.3 Å². The SMILES string of the molecule is CN1C(=O)CCC(NCC(=O)N2CCCCCC2)C1=O. The van der Waals surface area contributed by atoms with Crippen LogP contribution in [0.3, 0.4) is 0 Å². The molecule has 2 saturated heterocycles. The van der Waals surface area contributed by atoms with E-state index in [4.69, 9.17) is 0 Å². The van der Waals surface area contributed by atoms with Crippen LogP contribution in [-0.2, 0) is 14.4 Å². The molecule has 2 rings (SSSR count). The molecule has 0 spiro atoms. The molecule has 1 unspecified atom stereocenters. The molecule has 0 bridgehead atoms. The fourth-order valence-electron chi connectivity index (χ4n) is 2.75. The van der Waals surface area contributed by atoms with Gasteiger partial charge in [0.25, 0.3) is 0 Å². The average Bonchev–Trinajstić information content (AvgIpc) is 2.73. The van der Waals surface area contributed by atoms with Gasteiger partial charge in [0, 0.05) is 26.6 Å². The quantitative estimate of drug-likeness (QED) is 0.746. The normalized spacial score (nSPS) is 24.8. The highest BCUT2D eigenvalue weighted by Gasteiger charge is 2.31. The second-order valence-corrected chi connectivity index (χ2v) is 5.56. The topological polar surface area (TPSA) is 69.7 Å². The van der Waals surface area contributed by atoms with Gasteiger partial charge in [-0.2, -0.15) is 0 Å². The van der Waals surface area contributed by atoms with E-state index in [2.05, 4.69) is 5.32 Å². The molecule has 2 heterocycles. The molecule has 6 heteroatoms. The molecule has 0 radical (unpaired) electrons. The third-order valence-corrected chi connectivity index (χ3v) is 4.11. The Morgan fingerprint density at radius 3 is 2.50 bits per heavy atom. The highest BCUT2D eigenvalue weighted by molar-refractivity contribution is 6.00. The van der Waals surface area contributed by atoms with Gasteiger partial charge in [-0.3, -0.25) is 24.6 Å². The van der Waals surface area contributed by atoms with Crippen molar-refractivity contribution in [2.24, 2.45) is 0 Å². The van der Waals surface area contributed by atoms with Gasteiger partial charge in [-0.25, -0.2) is 0 Å². The third kappa shape index (κ3) is 3.56. The molecule has 1 atom stereocenters. The van der Waals surface area contributed by atoms with E-state index in [1.807, 2.05) is 4.90 Å². The summed E-state index contributed by atoms with van der Waals surface area (Å²) < 4.78 is 0. The molecule has 0 aromatic heterocycles. The Morgan fingerprint density at radius 1 is 1.20 bits per heavy atom. The minimum atomic E-state index is -0.409. The molecular weight excluding hydrogens is 258 g/mol. The summed E-state index contributed by atoms with van der Waals surface area (Å²) >= 11 is 0. The molecule has 0 saturated carbocycles. The fourth-order valence-corrected chi connectivity index (χ4v) is 2.75. The molecule has 2 fully saturated rings. The number of imide groups is 1. The number of nitrogens with one attached hydrogen (secondary N) is 1. The van der Waals surface area contributed by atoms with Crippen LogP contribution in [0, 0.1) is 0 Å². The Kier molecular flexibility index (Phi) is 5.11. The minimum Gasteiger partial charge on any atom is -0.342 e. The Labute approximate surface area is 119 Å². The van der Waals surface area contributed by atoms with Crippen LogP contribution >= 0.6 is 0 Å². The largest absolute Gasteiger partial charge is 0.342 e. The summed E-state index contributed by atoms with van der Waals surface area (Å²) in [4.78, 5) is 38.4. The first-order chi connectivity index (χ1) is 9.59. The molecule has 0 aromatic carbocycles. The molecular formula is C14H23N3O3. The molecule has 3 amide bonds. The maximum Gasteiger partial charge on any atom is 0.246 e. The summed E-state index contributed by atoms with van der Waals surface area (Å²) in [5, 5.41) is 3.01. The highest BCUT2D eigenvalue weighted by Crippen LogP contribution is 2.12. The van der Waals surface area contributed by atoms with Crippen molar-refractivity contribution in [3.8, 4) is 0 Å². The first-order valence-corrected chi connectivity index (χ1v) is 7.41. The van der Waals surface area contributed by atoms with Crippen LogP contribution < -0.4 is 5.32 Å². The summed E-state index contributed by atoms with van der Waals surface area (Å²) in [7, 11) is 1.50. The predicted molar refractivity (Wildman–Crippen MR) is 73.8 cm³/mol. The summed E-state index contributed by atoms with van der Waals surface area (Å²) in [6.07, 6.45) is 5.33. The zero-order valence-electron chi connectivity index (χ0n) is 12.1. The summed E-state index contributed by atoms with van der Waals surface area (Å²) in [6, 6.07) is -0.409. The highest BCUT2D eigenvalue weighted by atomic mass is 16.2. The zero-order valence-corrected chi connectivity index (χ0v) is 12.1. The first kappa shape index (κ1) is 15.0. The number of carbonyl (C=O) groups is 3. The van der Waals surface area contributed by atoms with Crippen molar-refractivity contribution in [1.82, 2.24) is 15.1 Å². The van der Waals surface area contributed by atoms with Crippen LogP contribution in [0.15, 0.2) is 0 Å². The van der Waals surface area contributed by atoms with Crippen molar-refractivity contribution in [2.75, 3.05) is 26.7 Å². The second kappa shape index (κ2) is 6.83. The molecule has 1 N–H and O–H groups in total. The third-order valence-electron chi connectivity index (χ3n) is 4.11. The van der Waals surface area contributed by atoms with Gasteiger partial charge in [0.05, 0.1) is 12.6 Å². The molecule has 0 aromatic rings. The Bertz CT molecular complexity index is 389. The van der Waals surface area contributed by atoms with Crippen LogP contribution in [0.25, 0.3) is 0 Å². The smallest absolute Gasteiger partial charge is 0.246 e. The molecule has 112 valence electrons. The zero-order chi connectivity index (χ0) is 14.5. The van der Waals surface area contributed by atoms with E-state index in [9.17, 15) is 14.4 Å². The number of hydrogen-bond acceptors (Lipinski definition) is 4. The summed E-state index contributed by atoms with van der Waals surface area (Å²) in [5.41, 5.74) is 0. The van der Waals surface area contributed by atoms with Gasteiger partial charge < -0.3 is 4.90 Å². The van der Waals surface area contributed by atoms with Gasteiger partial charge >= 0.3 is 0 Å². The number of rotatable bonds is 3. The van der Waals surface area contributed by atoms with Crippen LogP contribution in [-0.4, -0.2) is 60.2 Å². The van der Waals surface area contributed by atoms with Gasteiger partial charge in [-0.15, -0.1) is 0 Å². The van der Waals surface area contributed by atoms with E-state index in [0.29, 0.717) is 12.8 Å². The van der Waals surface area contributed by atoms with Crippen molar-refractivity contribution >= 4 is 17.7 Å². The van der Waals surface area contributed by atoms with E-state index in [1.54, 1.807) is 0 Å². The molecule has 2 aliphatic rings. The molecule has 2 aliphatic heterocycles. The van der Waals surface area contributed by atoms with E-state index in [1.165, 1.54) is 19.9 Å². The van der Waals surface area contributed by atoms with Gasteiger partial charge in [-0.1, -0.05) is 12.8 Å². The number of nitrogens with zero attached hydrogens (tertiary/aromatic N) is 2. The number of likely N-dealkylation sites (tertiary alicyclic amines) is 2. The molecule has 20 heavy (non-hydrogen) atoms. The lowest BCUT2D eigenvalue weighted by atomic mass is 10.0. The molecule has 6 nitrogen and oxygen atoms in total. The van der Waals surface area contributed by atoms with Gasteiger partial charge in [0.2, 0.25) is 17.7 Å². The van der Waals surface area contributed by atoms with Crippen LogP contribution in [0.4, 0.5) is 0 Å². The maximum absolute atomic E-state index is 12.1. The lowest BCUT2D eigenvalue weighted by molar-refractivity contribution is -0.148. The Morgan fingerprint density at radius 2 is 1.85 bits per heavy atom. The lowest BCUT2D eigenvalue weighted by Crippen LogP contribution is -2.53. The van der Waals surface area contributed by atoms with Gasteiger partial charge in [-0.05, 0) is 19.3 Å². The van der Waals surface area contributed by atoms with E-state index >= 15 is 0 Å². The van der Waals surface area contributed by atoms with Crippen LogP contribution in [0.1, 0.15) is 38.5 Å². The van der Waals surface area contributed by atoms with Crippen LogP contribution in [0.5, 0.6) is 0 Å². The maximum atomic E-state index is 12.1. The van der Waals surface area contributed by atoms with Crippen LogP contribution in [0.2, 0.25) is 0 Å². The average molecular weight is 281 g/mol. The Balaban J connectivity index is 1.80. The molecule has 0 aliphatic carbocycles. The van der Waals surface area contributed by atoms with Crippen molar-refractivity contribution in [1.29, 1.82) is 0 Å². The lowest BCUT2D eigenvalue weighted by Gasteiger charge is -2.29. The number of likely N-dealkylation sites (N-methyl/N-ethyl adjacent to an activating group) is 1. The number of piperidine rings is 1. The fraction of sp³-hybridized carbons (Fsp3) is 0.786. The number of hydrogen-bond donors (Lipinski definition) is 1. The van der Waals surface area contributed by atoms with Gasteiger partial charge in [0.1, 0.15) is 0 Å². The summed E-state index contributed by atoms with van der Waals surface area (Å²) in [6.45, 7) is 1.81. The second-order valence-electron chi connectivity index (χ2n) is 5.56. The minimum absolute atomic E-state index is 0.0549. The number of carbonyl (C=O) groups excluding carboxylic acids is 3. The number of amides is 3. The van der Waals surface area contributed by atoms with Gasteiger partial charge in [0.15, 0.2) is 0 Å². The van der Waals surface area contributed by atoms with E-state index in [0.717, 1.165) is 30.8 Å². The van der Waals surface area contributed by atoms with E-state index < -0.39 is 6.04 Å². The Hall–Kier alpha value is -1.43. The van der Waals surface area contributed by atoms with Crippen molar-refractivity contribution in [3.05, 3.63) is 0 Å². The van der Waals surface area contributed by atoms with Crippen molar-refractivity contribution < 1.29 is 14.4 Å².